The second-order valence-electron chi connectivity index (χ2n) is 8.06. The van der Waals surface area contributed by atoms with Crippen molar-refractivity contribution in [3.8, 4) is 0 Å². The second-order valence-corrected chi connectivity index (χ2v) is 8.06. The van der Waals surface area contributed by atoms with Crippen molar-refractivity contribution in [3.05, 3.63) is 0 Å². The average Bonchev–Trinajstić information content (AvgIpc) is 3.15. The summed E-state index contributed by atoms with van der Waals surface area (Å²) in [6.45, 7) is 9.59. The Balaban J connectivity index is 1.78. The lowest BCUT2D eigenvalue weighted by atomic mass is 9.87. The van der Waals surface area contributed by atoms with Gasteiger partial charge in [-0.25, -0.2) is 0 Å². The molecule has 1 unspecified atom stereocenters. The van der Waals surface area contributed by atoms with Gasteiger partial charge in [0.15, 0.2) is 17.7 Å². The third kappa shape index (κ3) is 3.75. The maximum absolute atomic E-state index is 11.1. The van der Waals surface area contributed by atoms with Crippen LogP contribution in [-0.4, -0.2) is 60.4 Å². The lowest BCUT2D eigenvalue weighted by Crippen LogP contribution is -2.59. The van der Waals surface area contributed by atoms with Crippen LogP contribution >= 0.6 is 0 Å². The summed E-state index contributed by atoms with van der Waals surface area (Å²) in [6, 6.07) is 0. The second kappa shape index (κ2) is 7.41. The molecule has 2 aliphatic heterocycles. The number of fused-ring (bicyclic) bond motifs is 1. The Morgan fingerprint density at radius 2 is 1.68 bits per heavy atom. The van der Waals surface area contributed by atoms with Gasteiger partial charge in [0, 0.05) is 13.2 Å². The summed E-state index contributed by atoms with van der Waals surface area (Å²) in [4.78, 5) is 0. The highest BCUT2D eigenvalue weighted by Crippen LogP contribution is 2.56. The zero-order chi connectivity index (χ0) is 18.1. The van der Waals surface area contributed by atoms with Crippen molar-refractivity contribution in [2.75, 3.05) is 19.8 Å². The Kier molecular flexibility index (Phi) is 5.78. The quantitative estimate of drug-likeness (QED) is 0.606. The first-order chi connectivity index (χ1) is 11.9. The molecule has 1 N–H and O–H groups in total. The van der Waals surface area contributed by atoms with Gasteiger partial charge in [-0.15, -0.1) is 0 Å². The van der Waals surface area contributed by atoms with E-state index in [-0.39, 0.29) is 12.2 Å². The van der Waals surface area contributed by atoms with Crippen LogP contribution in [0.4, 0.5) is 0 Å². The van der Waals surface area contributed by atoms with Crippen LogP contribution in [0.1, 0.15) is 66.2 Å². The third-order valence-corrected chi connectivity index (χ3v) is 5.44. The highest BCUT2D eigenvalue weighted by Gasteiger charge is 2.73. The Labute approximate surface area is 151 Å². The highest BCUT2D eigenvalue weighted by atomic mass is 16.8. The molecular formula is C19H34O6. The molecule has 2 heterocycles. The van der Waals surface area contributed by atoms with E-state index in [0.29, 0.717) is 32.7 Å². The van der Waals surface area contributed by atoms with Crippen LogP contribution in [0, 0.1) is 0 Å². The van der Waals surface area contributed by atoms with Crippen LogP contribution in [0.3, 0.4) is 0 Å². The van der Waals surface area contributed by atoms with Gasteiger partial charge < -0.3 is 28.8 Å². The molecule has 0 amide bonds. The molecule has 0 bridgehead atoms. The van der Waals surface area contributed by atoms with Crippen molar-refractivity contribution >= 4 is 0 Å². The van der Waals surface area contributed by atoms with E-state index in [4.69, 9.17) is 23.7 Å². The first-order valence-corrected chi connectivity index (χ1v) is 9.83. The van der Waals surface area contributed by atoms with Gasteiger partial charge in [-0.3, -0.25) is 0 Å². The van der Waals surface area contributed by atoms with E-state index >= 15 is 0 Å². The number of unbranched alkanes of at least 4 members (excludes halogenated alkanes) is 2. The van der Waals surface area contributed by atoms with E-state index in [1.54, 1.807) is 0 Å². The minimum Gasteiger partial charge on any atom is -0.387 e. The largest absolute Gasteiger partial charge is 0.387 e. The third-order valence-electron chi connectivity index (χ3n) is 5.44. The summed E-state index contributed by atoms with van der Waals surface area (Å²) in [5.74, 6) is -0.705. The van der Waals surface area contributed by atoms with Crippen LogP contribution in [0.25, 0.3) is 0 Å². The first-order valence-electron chi connectivity index (χ1n) is 9.83. The maximum Gasteiger partial charge on any atom is 0.190 e. The Bertz CT molecular complexity index is 449. The molecule has 1 saturated carbocycles. The zero-order valence-electron chi connectivity index (χ0n) is 16.1. The molecule has 0 aromatic rings. The summed E-state index contributed by atoms with van der Waals surface area (Å²) >= 11 is 0. The van der Waals surface area contributed by atoms with Gasteiger partial charge in [-0.05, 0) is 39.5 Å². The Morgan fingerprint density at radius 1 is 1.00 bits per heavy atom. The summed E-state index contributed by atoms with van der Waals surface area (Å²) < 4.78 is 30.4. The number of ether oxygens (including phenoxy) is 5. The van der Waals surface area contributed by atoms with E-state index in [0.717, 1.165) is 25.7 Å². The molecule has 0 radical (unpaired) electrons. The van der Waals surface area contributed by atoms with Crippen LogP contribution in [-0.2, 0) is 23.7 Å². The number of rotatable bonds is 10. The molecule has 6 nitrogen and oxygen atoms in total. The van der Waals surface area contributed by atoms with Crippen molar-refractivity contribution in [1.82, 2.24) is 0 Å². The van der Waals surface area contributed by atoms with Crippen molar-refractivity contribution < 1.29 is 28.8 Å². The summed E-state index contributed by atoms with van der Waals surface area (Å²) in [6.07, 6.45) is 4.20. The molecule has 1 aliphatic carbocycles. The van der Waals surface area contributed by atoms with E-state index in [1.807, 2.05) is 13.8 Å². The van der Waals surface area contributed by atoms with Crippen molar-refractivity contribution in [2.45, 2.75) is 102 Å². The summed E-state index contributed by atoms with van der Waals surface area (Å²) in [7, 11) is 0. The Hall–Kier alpha value is -0.240. The minimum atomic E-state index is -0.919. The van der Waals surface area contributed by atoms with Crippen LogP contribution in [0.2, 0.25) is 0 Å². The van der Waals surface area contributed by atoms with Crippen molar-refractivity contribution in [1.29, 1.82) is 0 Å². The fraction of sp³-hybridized carbons (Fsp3) is 1.00. The first kappa shape index (κ1) is 19.5. The molecule has 4 atom stereocenters. The fourth-order valence-corrected chi connectivity index (χ4v) is 3.81. The van der Waals surface area contributed by atoms with Crippen molar-refractivity contribution in [3.63, 3.8) is 0 Å². The molecule has 0 aromatic heterocycles. The van der Waals surface area contributed by atoms with Crippen molar-refractivity contribution in [2.24, 2.45) is 0 Å². The maximum atomic E-state index is 11.1. The van der Waals surface area contributed by atoms with Gasteiger partial charge in [0.2, 0.25) is 0 Å². The summed E-state index contributed by atoms with van der Waals surface area (Å²) in [5.41, 5.74) is -1.84. The smallest absolute Gasteiger partial charge is 0.190 e. The van der Waals surface area contributed by atoms with Gasteiger partial charge in [0.25, 0.3) is 0 Å². The normalized spacial score (nSPS) is 38.0. The number of aliphatic hydroxyl groups is 1. The molecule has 146 valence electrons. The van der Waals surface area contributed by atoms with E-state index in [9.17, 15) is 5.11 Å². The van der Waals surface area contributed by atoms with Gasteiger partial charge in [0.05, 0.1) is 12.2 Å². The molecule has 0 spiro atoms. The molecular weight excluding hydrogens is 324 g/mol. The monoisotopic (exact) mass is 358 g/mol. The summed E-state index contributed by atoms with van der Waals surface area (Å²) in [5, 5.41) is 11.1. The predicted molar refractivity (Wildman–Crippen MR) is 92.2 cm³/mol. The van der Waals surface area contributed by atoms with Crippen LogP contribution < -0.4 is 0 Å². The molecule has 6 heteroatoms. The molecule has 3 rings (SSSR count). The highest BCUT2D eigenvalue weighted by molar-refractivity contribution is 5.20. The molecule has 0 aromatic carbocycles. The molecule has 3 fully saturated rings. The number of hydrogen-bond donors (Lipinski definition) is 1. The SMILES string of the molecule is CCCCOC[C@]1(C2(O)CC2)O[C@@H]2OC(C)(C)O[C@H]2C1OCCCC. The van der Waals surface area contributed by atoms with Crippen LogP contribution in [0.5, 0.6) is 0 Å². The standard InChI is InChI=1S/C19H34O6/c1-5-7-11-21-13-19(18(20)9-10-18)15(22-12-8-6-2)14-16(25-19)24-17(3,4)23-14/h14-16,20H,5-13H2,1-4H3/t14-,15?,16-,19-/m0/s1. The van der Waals surface area contributed by atoms with Gasteiger partial charge >= 0.3 is 0 Å². The Morgan fingerprint density at radius 3 is 2.32 bits per heavy atom. The lowest BCUT2D eigenvalue weighted by Gasteiger charge is -2.40. The van der Waals surface area contributed by atoms with Crippen LogP contribution in [0.15, 0.2) is 0 Å². The zero-order valence-corrected chi connectivity index (χ0v) is 16.1. The topological polar surface area (TPSA) is 66.4 Å². The van der Waals surface area contributed by atoms with E-state index in [2.05, 4.69) is 13.8 Å². The minimum absolute atomic E-state index is 0.306. The van der Waals surface area contributed by atoms with E-state index < -0.39 is 23.3 Å². The fourth-order valence-electron chi connectivity index (χ4n) is 3.81. The lowest BCUT2D eigenvalue weighted by molar-refractivity contribution is -0.279. The molecule has 25 heavy (non-hydrogen) atoms. The van der Waals surface area contributed by atoms with E-state index in [1.165, 1.54) is 0 Å². The average molecular weight is 358 g/mol. The number of hydrogen-bond acceptors (Lipinski definition) is 6. The predicted octanol–water partition coefficient (Wildman–Crippen LogP) is 2.76. The van der Waals surface area contributed by atoms with Gasteiger partial charge in [-0.2, -0.15) is 0 Å². The van der Waals surface area contributed by atoms with Gasteiger partial charge in [-0.1, -0.05) is 26.7 Å². The molecule has 3 aliphatic rings. The molecule has 2 saturated heterocycles. The van der Waals surface area contributed by atoms with Gasteiger partial charge in [0.1, 0.15) is 12.2 Å².